The first-order valence-electron chi connectivity index (χ1n) is 9.54. The van der Waals surface area contributed by atoms with Crippen molar-refractivity contribution in [3.05, 3.63) is 34.4 Å². The van der Waals surface area contributed by atoms with Crippen molar-refractivity contribution in [3.8, 4) is 5.75 Å². The van der Waals surface area contributed by atoms with Gasteiger partial charge in [0.25, 0.3) is 11.6 Å². The second kappa shape index (κ2) is 6.56. The molecule has 140 valence electrons. The first kappa shape index (κ1) is 17.3. The third kappa shape index (κ3) is 3.41. The topological polar surface area (TPSA) is 72.7 Å². The van der Waals surface area contributed by atoms with Crippen LogP contribution in [0.4, 0.5) is 5.69 Å². The van der Waals surface area contributed by atoms with Gasteiger partial charge in [0.15, 0.2) is 6.61 Å². The van der Waals surface area contributed by atoms with Crippen LogP contribution < -0.4 is 4.74 Å². The van der Waals surface area contributed by atoms with Crippen molar-refractivity contribution in [1.29, 1.82) is 0 Å². The van der Waals surface area contributed by atoms with Gasteiger partial charge in [-0.25, -0.2) is 0 Å². The molecular formula is C20H26N2O4. The second-order valence-corrected chi connectivity index (χ2v) is 8.71. The molecule has 0 spiro atoms. The summed E-state index contributed by atoms with van der Waals surface area (Å²) < 4.78 is 5.50. The normalized spacial score (nSPS) is 31.7. The van der Waals surface area contributed by atoms with Gasteiger partial charge in [0.2, 0.25) is 0 Å². The van der Waals surface area contributed by atoms with E-state index < -0.39 is 4.92 Å². The number of nitrogens with zero attached hydrogens (tertiary/aromatic N) is 2. The SMILES string of the molecule is CN(CC12CC3CC(CC(C3)C1)C2)C(=O)COc1cccc([N+](=O)[O-])c1. The van der Waals surface area contributed by atoms with Crippen LogP contribution in [0.5, 0.6) is 5.75 Å². The fourth-order valence-corrected chi connectivity index (χ4v) is 6.02. The zero-order chi connectivity index (χ0) is 18.3. The Hall–Kier alpha value is -2.11. The molecule has 0 unspecified atom stereocenters. The lowest BCUT2D eigenvalue weighted by Gasteiger charge is -2.57. The van der Waals surface area contributed by atoms with Crippen molar-refractivity contribution >= 4 is 11.6 Å². The molecule has 0 radical (unpaired) electrons. The van der Waals surface area contributed by atoms with Gasteiger partial charge in [0.05, 0.1) is 11.0 Å². The molecule has 0 atom stereocenters. The van der Waals surface area contributed by atoms with Crippen LogP contribution in [0.1, 0.15) is 38.5 Å². The Morgan fingerprint density at radius 2 is 1.85 bits per heavy atom. The number of hydrogen-bond donors (Lipinski definition) is 0. The minimum absolute atomic E-state index is 0.0307. The predicted molar refractivity (Wildman–Crippen MR) is 96.8 cm³/mol. The van der Waals surface area contributed by atoms with Crippen LogP contribution in [-0.2, 0) is 4.79 Å². The van der Waals surface area contributed by atoms with E-state index in [0.717, 1.165) is 24.3 Å². The summed E-state index contributed by atoms with van der Waals surface area (Å²) in [6.45, 7) is 0.734. The van der Waals surface area contributed by atoms with E-state index in [-0.39, 0.29) is 18.2 Å². The van der Waals surface area contributed by atoms with E-state index in [9.17, 15) is 14.9 Å². The summed E-state index contributed by atoms with van der Waals surface area (Å²) in [5, 5.41) is 10.8. The summed E-state index contributed by atoms with van der Waals surface area (Å²) in [6.07, 6.45) is 7.99. The van der Waals surface area contributed by atoms with E-state index in [2.05, 4.69) is 0 Å². The number of benzene rings is 1. The second-order valence-electron chi connectivity index (χ2n) is 8.71. The number of nitro groups is 1. The fraction of sp³-hybridized carbons (Fsp3) is 0.650. The summed E-state index contributed by atoms with van der Waals surface area (Å²) in [7, 11) is 1.86. The van der Waals surface area contributed by atoms with Crippen LogP contribution in [0.25, 0.3) is 0 Å². The molecule has 1 aromatic carbocycles. The average molecular weight is 358 g/mol. The molecule has 0 aliphatic heterocycles. The van der Waals surface area contributed by atoms with E-state index in [4.69, 9.17) is 4.74 Å². The van der Waals surface area contributed by atoms with Gasteiger partial charge in [0, 0.05) is 19.7 Å². The number of carbonyl (C=O) groups is 1. The molecule has 26 heavy (non-hydrogen) atoms. The Labute approximate surface area is 153 Å². The predicted octanol–water partition coefficient (Wildman–Crippen LogP) is 3.65. The van der Waals surface area contributed by atoms with Gasteiger partial charge >= 0.3 is 0 Å². The number of ether oxygens (including phenoxy) is 1. The standard InChI is InChI=1S/C20H26N2O4/c1-21(13-20-9-14-5-15(10-20)7-16(6-14)11-20)19(23)12-26-18-4-2-3-17(8-18)22(24)25/h2-4,8,14-16H,5-7,9-13H2,1H3. The van der Waals surface area contributed by atoms with Crippen LogP contribution >= 0.6 is 0 Å². The summed E-state index contributed by atoms with van der Waals surface area (Å²) in [5.41, 5.74) is 0.280. The molecule has 0 saturated heterocycles. The zero-order valence-electron chi connectivity index (χ0n) is 15.2. The number of rotatable bonds is 6. The third-order valence-corrected chi connectivity index (χ3v) is 6.55. The third-order valence-electron chi connectivity index (χ3n) is 6.55. The van der Waals surface area contributed by atoms with Crippen LogP contribution in [-0.4, -0.2) is 35.9 Å². The van der Waals surface area contributed by atoms with Gasteiger partial charge in [-0.05, 0) is 67.8 Å². The highest BCUT2D eigenvalue weighted by molar-refractivity contribution is 5.77. The number of hydrogen-bond acceptors (Lipinski definition) is 4. The molecule has 4 bridgehead atoms. The van der Waals surface area contributed by atoms with E-state index >= 15 is 0 Å². The molecule has 6 nitrogen and oxygen atoms in total. The van der Waals surface area contributed by atoms with E-state index in [1.807, 2.05) is 11.9 Å². The van der Waals surface area contributed by atoms with Crippen molar-refractivity contribution in [2.75, 3.05) is 20.2 Å². The minimum atomic E-state index is -0.464. The Bertz CT molecular complexity index is 682. The summed E-state index contributed by atoms with van der Waals surface area (Å²) in [6, 6.07) is 5.97. The van der Waals surface area contributed by atoms with Gasteiger partial charge < -0.3 is 9.64 Å². The Morgan fingerprint density at radius 3 is 2.42 bits per heavy atom. The van der Waals surface area contributed by atoms with Crippen molar-refractivity contribution in [2.45, 2.75) is 38.5 Å². The molecular weight excluding hydrogens is 332 g/mol. The summed E-state index contributed by atoms with van der Waals surface area (Å²) in [4.78, 5) is 24.7. The number of likely N-dealkylation sites (N-methyl/N-ethyl adjacent to an activating group) is 1. The smallest absolute Gasteiger partial charge is 0.273 e. The molecule has 0 heterocycles. The Kier molecular flexibility index (Phi) is 4.37. The van der Waals surface area contributed by atoms with Crippen molar-refractivity contribution in [3.63, 3.8) is 0 Å². The van der Waals surface area contributed by atoms with E-state index in [1.165, 1.54) is 50.7 Å². The number of amides is 1. The molecule has 6 heteroatoms. The van der Waals surface area contributed by atoms with Gasteiger partial charge in [-0.1, -0.05) is 6.07 Å². The first-order chi connectivity index (χ1) is 12.4. The van der Waals surface area contributed by atoms with Gasteiger partial charge in [-0.2, -0.15) is 0 Å². The van der Waals surface area contributed by atoms with E-state index in [0.29, 0.717) is 11.2 Å². The van der Waals surface area contributed by atoms with Gasteiger partial charge in [0.1, 0.15) is 5.75 Å². The highest BCUT2D eigenvalue weighted by Crippen LogP contribution is 2.60. The van der Waals surface area contributed by atoms with Crippen LogP contribution in [0.15, 0.2) is 24.3 Å². The molecule has 1 aromatic rings. The summed E-state index contributed by atoms with van der Waals surface area (Å²) >= 11 is 0. The number of carbonyl (C=O) groups excluding carboxylic acids is 1. The van der Waals surface area contributed by atoms with Crippen molar-refractivity contribution < 1.29 is 14.5 Å². The zero-order valence-corrected chi connectivity index (χ0v) is 15.2. The molecule has 4 aliphatic carbocycles. The highest BCUT2D eigenvalue weighted by atomic mass is 16.6. The molecule has 5 rings (SSSR count). The number of nitro benzene ring substituents is 1. The first-order valence-corrected chi connectivity index (χ1v) is 9.54. The Morgan fingerprint density at radius 1 is 1.23 bits per heavy atom. The van der Waals surface area contributed by atoms with E-state index in [1.54, 1.807) is 12.1 Å². The Balaban J connectivity index is 1.34. The van der Waals surface area contributed by atoms with Gasteiger partial charge in [-0.3, -0.25) is 14.9 Å². The van der Waals surface area contributed by atoms with Crippen molar-refractivity contribution in [1.82, 2.24) is 4.90 Å². The molecule has 4 fully saturated rings. The molecule has 4 aliphatic rings. The fourth-order valence-electron chi connectivity index (χ4n) is 6.02. The van der Waals surface area contributed by atoms with Crippen LogP contribution in [0, 0.1) is 33.3 Å². The molecule has 4 saturated carbocycles. The van der Waals surface area contributed by atoms with Crippen molar-refractivity contribution in [2.24, 2.45) is 23.2 Å². The molecule has 0 N–H and O–H groups in total. The quantitative estimate of drug-likeness (QED) is 0.575. The highest BCUT2D eigenvalue weighted by Gasteiger charge is 2.51. The molecule has 0 aromatic heterocycles. The average Bonchev–Trinajstić information content (AvgIpc) is 2.58. The maximum absolute atomic E-state index is 12.5. The maximum Gasteiger partial charge on any atom is 0.273 e. The monoisotopic (exact) mass is 358 g/mol. The lowest BCUT2D eigenvalue weighted by molar-refractivity contribution is -0.384. The minimum Gasteiger partial charge on any atom is -0.484 e. The summed E-state index contributed by atoms with van der Waals surface area (Å²) in [5.74, 6) is 2.89. The van der Waals surface area contributed by atoms with Crippen LogP contribution in [0.3, 0.4) is 0 Å². The van der Waals surface area contributed by atoms with Crippen LogP contribution in [0.2, 0.25) is 0 Å². The lowest BCUT2D eigenvalue weighted by Crippen LogP contribution is -2.51. The maximum atomic E-state index is 12.5. The molecule has 1 amide bonds. The lowest BCUT2D eigenvalue weighted by atomic mass is 9.49. The number of non-ortho nitro benzene ring substituents is 1. The van der Waals surface area contributed by atoms with Gasteiger partial charge in [-0.15, -0.1) is 0 Å². The largest absolute Gasteiger partial charge is 0.484 e.